The molecule has 0 aromatic heterocycles. The summed E-state index contributed by atoms with van der Waals surface area (Å²) >= 11 is 0. The van der Waals surface area contributed by atoms with Crippen molar-refractivity contribution in [1.29, 1.82) is 5.26 Å². The number of non-ortho nitro benzene ring substituents is 1. The minimum atomic E-state index is -0.848. The lowest BCUT2D eigenvalue weighted by molar-refractivity contribution is -0.384. The number of amides is 2. The van der Waals surface area contributed by atoms with Crippen molar-refractivity contribution in [2.24, 2.45) is 5.73 Å². The number of nitro groups is 1. The first-order valence-corrected chi connectivity index (χ1v) is 6.63. The molecule has 8 heteroatoms. The van der Waals surface area contributed by atoms with E-state index >= 15 is 0 Å². The lowest BCUT2D eigenvalue weighted by atomic mass is 10.1. The molecule has 8 nitrogen and oxygen atoms in total. The Morgan fingerprint density at radius 2 is 2.18 bits per heavy atom. The topological polar surface area (TPSA) is 139 Å². The van der Waals surface area contributed by atoms with E-state index in [0.717, 1.165) is 0 Å². The number of nitrogens with zero attached hydrogens (tertiary/aromatic N) is 2. The van der Waals surface area contributed by atoms with Gasteiger partial charge >= 0.3 is 0 Å². The quantitative estimate of drug-likeness (QED) is 0.415. The highest BCUT2D eigenvalue weighted by Gasteiger charge is 2.18. The Kier molecular flexibility index (Phi) is 6.50. The van der Waals surface area contributed by atoms with E-state index in [2.05, 4.69) is 5.32 Å². The highest BCUT2D eigenvalue weighted by Crippen LogP contribution is 2.13. The van der Waals surface area contributed by atoms with Gasteiger partial charge in [0.2, 0.25) is 11.8 Å². The predicted molar refractivity (Wildman–Crippen MR) is 77.4 cm³/mol. The van der Waals surface area contributed by atoms with E-state index in [4.69, 9.17) is 11.0 Å². The first-order valence-electron chi connectivity index (χ1n) is 6.63. The van der Waals surface area contributed by atoms with Crippen molar-refractivity contribution in [2.45, 2.75) is 31.7 Å². The van der Waals surface area contributed by atoms with E-state index in [9.17, 15) is 19.7 Å². The first kappa shape index (κ1) is 17.1. The van der Waals surface area contributed by atoms with Crippen LogP contribution in [0.4, 0.5) is 5.69 Å². The molecule has 3 N–H and O–H groups in total. The van der Waals surface area contributed by atoms with Crippen molar-refractivity contribution in [2.75, 3.05) is 0 Å². The number of hydrogen-bond acceptors (Lipinski definition) is 5. The van der Waals surface area contributed by atoms with Gasteiger partial charge in [-0.25, -0.2) is 0 Å². The summed E-state index contributed by atoms with van der Waals surface area (Å²) in [7, 11) is 0. The van der Waals surface area contributed by atoms with Crippen LogP contribution in [0.5, 0.6) is 0 Å². The highest BCUT2D eigenvalue weighted by atomic mass is 16.6. The van der Waals surface area contributed by atoms with E-state index in [1.165, 1.54) is 18.2 Å². The second-order valence-electron chi connectivity index (χ2n) is 4.68. The third-order valence-electron chi connectivity index (χ3n) is 2.95. The molecule has 0 bridgehead atoms. The summed E-state index contributed by atoms with van der Waals surface area (Å²) in [5, 5.41) is 21.6. The zero-order chi connectivity index (χ0) is 16.5. The predicted octanol–water partition coefficient (Wildman–Crippen LogP) is 0.801. The van der Waals surface area contributed by atoms with Crippen LogP contribution in [0.25, 0.3) is 0 Å². The Balaban J connectivity index is 2.63. The van der Waals surface area contributed by atoms with Gasteiger partial charge in [-0.1, -0.05) is 12.1 Å². The van der Waals surface area contributed by atoms with Crippen molar-refractivity contribution in [1.82, 2.24) is 5.32 Å². The maximum atomic E-state index is 11.9. The summed E-state index contributed by atoms with van der Waals surface area (Å²) in [6.45, 7) is 0. The number of nitrogens with two attached hydrogens (primary N) is 1. The molecule has 1 aromatic carbocycles. The van der Waals surface area contributed by atoms with Gasteiger partial charge in [0, 0.05) is 18.6 Å². The summed E-state index contributed by atoms with van der Waals surface area (Å²) < 4.78 is 0. The molecule has 1 atom stereocenters. The van der Waals surface area contributed by atoms with E-state index in [0.29, 0.717) is 12.0 Å². The summed E-state index contributed by atoms with van der Waals surface area (Å²) in [6.07, 6.45) is 0.902. The molecule has 0 radical (unpaired) electrons. The molecule has 0 aliphatic carbocycles. The van der Waals surface area contributed by atoms with Crippen LogP contribution >= 0.6 is 0 Å². The van der Waals surface area contributed by atoms with Gasteiger partial charge in [0.15, 0.2) is 0 Å². The van der Waals surface area contributed by atoms with E-state index < -0.39 is 22.8 Å². The number of primary amides is 1. The van der Waals surface area contributed by atoms with E-state index in [1.807, 2.05) is 6.07 Å². The number of nitro benzene ring substituents is 1. The minimum Gasteiger partial charge on any atom is -0.368 e. The number of unbranched alkanes of at least 4 members (excludes halogenated alkanes) is 1. The third kappa shape index (κ3) is 5.58. The van der Waals surface area contributed by atoms with Crippen LogP contribution in [0.15, 0.2) is 24.3 Å². The summed E-state index contributed by atoms with van der Waals surface area (Å²) in [4.78, 5) is 33.3. The fourth-order valence-electron chi connectivity index (χ4n) is 1.88. The minimum absolute atomic E-state index is 0.0935. The summed E-state index contributed by atoms with van der Waals surface area (Å²) in [6, 6.07) is 6.79. The average Bonchev–Trinajstić information content (AvgIpc) is 2.46. The Morgan fingerprint density at radius 3 is 2.77 bits per heavy atom. The van der Waals surface area contributed by atoms with Crippen LogP contribution in [-0.4, -0.2) is 22.8 Å². The van der Waals surface area contributed by atoms with Crippen LogP contribution in [0.3, 0.4) is 0 Å². The maximum Gasteiger partial charge on any atom is 0.269 e. The molecule has 0 heterocycles. The number of carbonyl (C=O) groups is 2. The SMILES string of the molecule is N#CCCC[C@H](NC(=O)Cc1cccc([N+](=O)[O-])c1)C(N)=O. The number of nitrogens with one attached hydrogen (secondary N) is 1. The van der Waals surface area contributed by atoms with Crippen LogP contribution in [0.1, 0.15) is 24.8 Å². The van der Waals surface area contributed by atoms with Gasteiger partial charge in [-0.15, -0.1) is 0 Å². The molecule has 0 aliphatic rings. The molecular weight excluding hydrogens is 288 g/mol. The Morgan fingerprint density at radius 1 is 1.45 bits per heavy atom. The van der Waals surface area contributed by atoms with Gasteiger partial charge in [-0.2, -0.15) is 5.26 Å². The molecule has 0 aliphatic heterocycles. The molecule has 0 unspecified atom stereocenters. The van der Waals surface area contributed by atoms with Crippen molar-refractivity contribution in [3.63, 3.8) is 0 Å². The number of hydrogen-bond donors (Lipinski definition) is 2. The second kappa shape index (κ2) is 8.36. The fourth-order valence-corrected chi connectivity index (χ4v) is 1.88. The zero-order valence-corrected chi connectivity index (χ0v) is 11.8. The van der Waals surface area contributed by atoms with Crippen LogP contribution in [-0.2, 0) is 16.0 Å². The van der Waals surface area contributed by atoms with Gasteiger partial charge in [0.25, 0.3) is 5.69 Å². The van der Waals surface area contributed by atoms with Crippen LogP contribution in [0.2, 0.25) is 0 Å². The van der Waals surface area contributed by atoms with Gasteiger partial charge in [-0.05, 0) is 18.4 Å². The van der Waals surface area contributed by atoms with Crippen molar-refractivity contribution in [3.05, 3.63) is 39.9 Å². The van der Waals surface area contributed by atoms with E-state index in [-0.39, 0.29) is 24.9 Å². The number of carbonyl (C=O) groups excluding carboxylic acids is 2. The fraction of sp³-hybridized carbons (Fsp3) is 0.357. The Labute approximate surface area is 127 Å². The number of nitriles is 1. The van der Waals surface area contributed by atoms with Gasteiger partial charge in [-0.3, -0.25) is 19.7 Å². The summed E-state index contributed by atoms with van der Waals surface area (Å²) in [5.74, 6) is -1.13. The van der Waals surface area contributed by atoms with Crippen molar-refractivity contribution < 1.29 is 14.5 Å². The lowest BCUT2D eigenvalue weighted by Gasteiger charge is -2.14. The molecule has 116 valence electrons. The van der Waals surface area contributed by atoms with Gasteiger partial charge in [0.1, 0.15) is 6.04 Å². The largest absolute Gasteiger partial charge is 0.368 e. The maximum absolute atomic E-state index is 11.9. The highest BCUT2D eigenvalue weighted by molar-refractivity contribution is 5.87. The molecule has 0 spiro atoms. The van der Waals surface area contributed by atoms with Gasteiger partial charge < -0.3 is 11.1 Å². The molecular formula is C14H16N4O4. The third-order valence-corrected chi connectivity index (χ3v) is 2.95. The molecule has 1 aromatic rings. The van der Waals surface area contributed by atoms with Crippen molar-refractivity contribution >= 4 is 17.5 Å². The monoisotopic (exact) mass is 304 g/mol. The van der Waals surface area contributed by atoms with Crippen LogP contribution < -0.4 is 11.1 Å². The molecule has 0 saturated carbocycles. The molecule has 22 heavy (non-hydrogen) atoms. The van der Waals surface area contributed by atoms with Crippen LogP contribution in [0, 0.1) is 21.4 Å². The standard InChI is InChI=1S/C14H16N4O4/c15-7-2-1-6-12(14(16)20)17-13(19)9-10-4-3-5-11(8-10)18(21)22/h3-5,8,12H,1-2,6,9H2,(H2,16,20)(H,17,19)/t12-/m0/s1. The molecule has 2 amide bonds. The molecule has 0 fully saturated rings. The van der Waals surface area contributed by atoms with Crippen molar-refractivity contribution in [3.8, 4) is 6.07 Å². The average molecular weight is 304 g/mol. The smallest absolute Gasteiger partial charge is 0.269 e. The Bertz CT molecular complexity index is 609. The van der Waals surface area contributed by atoms with Gasteiger partial charge in [0.05, 0.1) is 17.4 Å². The first-order chi connectivity index (χ1) is 10.4. The Hall–Kier alpha value is -2.95. The number of rotatable bonds is 8. The lowest BCUT2D eigenvalue weighted by Crippen LogP contribution is -2.44. The normalized spacial score (nSPS) is 11.2. The van der Waals surface area contributed by atoms with E-state index in [1.54, 1.807) is 6.07 Å². The molecule has 1 rings (SSSR count). The zero-order valence-electron chi connectivity index (χ0n) is 11.8. The second-order valence-corrected chi connectivity index (χ2v) is 4.68. The summed E-state index contributed by atoms with van der Waals surface area (Å²) in [5.41, 5.74) is 5.56. The molecule has 0 saturated heterocycles. The number of benzene rings is 1.